The molecular formula is C6H9O3SSi-. The molecule has 1 unspecified atom stereocenters. The molecule has 0 fully saturated rings. The number of rotatable bonds is 0. The molecule has 0 saturated carbocycles. The van der Waals surface area contributed by atoms with Gasteiger partial charge >= 0.3 is 0 Å². The molecule has 1 aromatic carbocycles. The third-order valence-corrected chi connectivity index (χ3v) is 1.61. The van der Waals surface area contributed by atoms with E-state index in [4.69, 9.17) is 13.3 Å². The lowest BCUT2D eigenvalue weighted by atomic mass is 10.4. The summed E-state index contributed by atoms with van der Waals surface area (Å²) in [4.78, 5) is 0. The molecule has 0 heterocycles. The average Bonchev–Trinajstić information content (AvgIpc) is 1.87. The van der Waals surface area contributed by atoms with Gasteiger partial charge in [0.1, 0.15) is 0 Å². The number of hydrogen-bond acceptors (Lipinski definition) is 2. The van der Waals surface area contributed by atoms with Crippen molar-refractivity contribution < 1.29 is 13.3 Å². The lowest BCUT2D eigenvalue weighted by molar-refractivity contribution is 0.436. The van der Waals surface area contributed by atoms with E-state index in [9.17, 15) is 0 Å². The Labute approximate surface area is 71.0 Å². The van der Waals surface area contributed by atoms with Gasteiger partial charge in [0.05, 0.1) is 11.4 Å². The second-order valence-electron chi connectivity index (χ2n) is 1.87. The third kappa shape index (κ3) is 9.51. The summed E-state index contributed by atoms with van der Waals surface area (Å²) in [5, 5.41) is 1.46. The first-order chi connectivity index (χ1) is 5.13. The van der Waals surface area contributed by atoms with Crippen LogP contribution in [0, 0.1) is 0 Å². The highest BCUT2D eigenvalue weighted by Gasteiger charge is 1.72. The van der Waals surface area contributed by atoms with Gasteiger partial charge in [0.25, 0.3) is 0 Å². The summed E-state index contributed by atoms with van der Waals surface area (Å²) in [6.45, 7) is 0. The SMILES string of the molecule is O=S([O-])O.[SiH3]c1ccccc1. The fourth-order valence-corrected chi connectivity index (χ4v) is 0.919. The molecule has 1 aromatic rings. The highest BCUT2D eigenvalue weighted by Crippen LogP contribution is 1.76. The summed E-state index contributed by atoms with van der Waals surface area (Å²) < 4.78 is 24.1. The molecule has 0 saturated heterocycles. The van der Waals surface area contributed by atoms with Gasteiger partial charge in [-0.25, -0.2) is 4.21 Å². The second-order valence-corrected chi connectivity index (χ2v) is 3.46. The summed E-state index contributed by atoms with van der Waals surface area (Å²) in [7, 11) is 1.17. The first-order valence-corrected chi connectivity index (χ1v) is 4.96. The Bertz CT molecular complexity index is 210. The van der Waals surface area contributed by atoms with Crippen LogP contribution in [0.4, 0.5) is 0 Å². The van der Waals surface area contributed by atoms with Crippen molar-refractivity contribution in [2.75, 3.05) is 0 Å². The average molecular weight is 189 g/mol. The molecule has 1 N–H and O–H groups in total. The number of benzene rings is 1. The van der Waals surface area contributed by atoms with Crippen molar-refractivity contribution in [1.29, 1.82) is 0 Å². The first kappa shape index (κ1) is 10.5. The Balaban J connectivity index is 0.000000218. The molecule has 5 heteroatoms. The van der Waals surface area contributed by atoms with E-state index in [2.05, 4.69) is 24.3 Å². The molecule has 3 nitrogen and oxygen atoms in total. The molecule has 1 rings (SSSR count). The minimum absolute atomic E-state index is 1.17. The molecule has 1 atom stereocenters. The molecule has 62 valence electrons. The maximum atomic E-state index is 8.56. The van der Waals surface area contributed by atoms with Crippen molar-refractivity contribution in [1.82, 2.24) is 0 Å². The fourth-order valence-electron chi connectivity index (χ4n) is 0.534. The van der Waals surface area contributed by atoms with Crippen molar-refractivity contribution in [2.24, 2.45) is 0 Å². The molecule has 0 aromatic heterocycles. The zero-order valence-corrected chi connectivity index (χ0v) is 8.88. The van der Waals surface area contributed by atoms with Crippen LogP contribution in [0.15, 0.2) is 30.3 Å². The lowest BCUT2D eigenvalue weighted by Crippen LogP contribution is -1.97. The van der Waals surface area contributed by atoms with E-state index in [0.717, 1.165) is 0 Å². The van der Waals surface area contributed by atoms with Gasteiger partial charge in [-0.2, -0.15) is 0 Å². The number of hydrogen-bond donors (Lipinski definition) is 1. The highest BCUT2D eigenvalue weighted by molar-refractivity contribution is 7.73. The van der Waals surface area contributed by atoms with Crippen LogP contribution in [0.2, 0.25) is 0 Å². The van der Waals surface area contributed by atoms with E-state index < -0.39 is 11.4 Å². The van der Waals surface area contributed by atoms with Crippen LogP contribution >= 0.6 is 0 Å². The Morgan fingerprint density at radius 3 is 1.91 bits per heavy atom. The Morgan fingerprint density at radius 2 is 1.73 bits per heavy atom. The second kappa shape index (κ2) is 6.23. The Morgan fingerprint density at radius 1 is 1.36 bits per heavy atom. The molecule has 0 aliphatic heterocycles. The van der Waals surface area contributed by atoms with Crippen LogP contribution in [-0.2, 0) is 11.4 Å². The molecule has 0 amide bonds. The molecular weight excluding hydrogens is 180 g/mol. The van der Waals surface area contributed by atoms with Gasteiger partial charge in [-0.15, -0.1) is 0 Å². The van der Waals surface area contributed by atoms with Crippen molar-refractivity contribution in [3.8, 4) is 0 Å². The zero-order valence-electron chi connectivity index (χ0n) is 6.06. The van der Waals surface area contributed by atoms with E-state index in [-0.39, 0.29) is 0 Å². The summed E-state index contributed by atoms with van der Waals surface area (Å²) in [6.07, 6.45) is 0. The van der Waals surface area contributed by atoms with Gasteiger partial charge < -0.3 is 9.11 Å². The van der Waals surface area contributed by atoms with Gasteiger partial charge in [-0.3, -0.25) is 0 Å². The van der Waals surface area contributed by atoms with Gasteiger partial charge in [0, 0.05) is 10.2 Å². The fraction of sp³-hybridized carbons (Fsp3) is 0. The third-order valence-electron chi connectivity index (χ3n) is 0.940. The zero-order chi connectivity index (χ0) is 8.69. The minimum atomic E-state index is -2.86. The van der Waals surface area contributed by atoms with E-state index in [0.29, 0.717) is 0 Å². The quantitative estimate of drug-likeness (QED) is 0.421. The maximum Gasteiger partial charge on any atom is 0.0814 e. The molecule has 0 radical (unpaired) electrons. The van der Waals surface area contributed by atoms with Crippen molar-refractivity contribution >= 4 is 26.8 Å². The van der Waals surface area contributed by atoms with Crippen LogP contribution in [0.1, 0.15) is 0 Å². The normalized spacial score (nSPS) is 11.5. The predicted octanol–water partition coefficient (Wildman–Crippen LogP) is -0.984. The van der Waals surface area contributed by atoms with E-state index in [1.165, 1.54) is 15.4 Å². The van der Waals surface area contributed by atoms with Crippen LogP contribution in [0.3, 0.4) is 0 Å². The van der Waals surface area contributed by atoms with Crippen LogP contribution in [0.25, 0.3) is 0 Å². The van der Waals surface area contributed by atoms with Crippen molar-refractivity contribution in [2.45, 2.75) is 0 Å². The molecule has 0 bridgehead atoms. The summed E-state index contributed by atoms with van der Waals surface area (Å²) >= 11 is -2.86. The molecule has 0 aliphatic rings. The van der Waals surface area contributed by atoms with Gasteiger partial charge in [0.15, 0.2) is 0 Å². The van der Waals surface area contributed by atoms with E-state index >= 15 is 0 Å². The van der Waals surface area contributed by atoms with Crippen molar-refractivity contribution in [3.63, 3.8) is 0 Å². The lowest BCUT2D eigenvalue weighted by Gasteiger charge is -1.83. The summed E-state index contributed by atoms with van der Waals surface area (Å²) in [5.41, 5.74) is 0. The van der Waals surface area contributed by atoms with Gasteiger partial charge in [0.2, 0.25) is 0 Å². The molecule has 11 heavy (non-hydrogen) atoms. The minimum Gasteiger partial charge on any atom is -0.750 e. The topological polar surface area (TPSA) is 60.4 Å². The summed E-state index contributed by atoms with van der Waals surface area (Å²) in [5.74, 6) is 0. The van der Waals surface area contributed by atoms with Gasteiger partial charge in [-0.05, 0) is 0 Å². The highest BCUT2D eigenvalue weighted by atomic mass is 32.2. The van der Waals surface area contributed by atoms with Gasteiger partial charge in [-0.1, -0.05) is 35.5 Å². The Kier molecular flexibility index (Phi) is 5.95. The van der Waals surface area contributed by atoms with Crippen LogP contribution in [0.5, 0.6) is 0 Å². The smallest absolute Gasteiger partial charge is 0.0814 e. The van der Waals surface area contributed by atoms with Crippen molar-refractivity contribution in [3.05, 3.63) is 30.3 Å². The predicted molar refractivity (Wildman–Crippen MR) is 47.6 cm³/mol. The Hall–Kier alpha value is -0.493. The monoisotopic (exact) mass is 189 g/mol. The van der Waals surface area contributed by atoms with E-state index in [1.54, 1.807) is 0 Å². The standard InChI is InChI=1S/C6H8Si.H2O3S/c7-6-4-2-1-3-5-6;1-4(2)3/h1-5H,7H3;(H2,1,2,3)/p-1. The summed E-state index contributed by atoms with van der Waals surface area (Å²) in [6, 6.07) is 10.5. The first-order valence-electron chi connectivity index (χ1n) is 2.93. The molecule has 0 spiro atoms. The van der Waals surface area contributed by atoms with Crippen LogP contribution in [-0.4, -0.2) is 23.6 Å². The molecule has 0 aliphatic carbocycles. The maximum absolute atomic E-state index is 8.56. The van der Waals surface area contributed by atoms with E-state index in [1.807, 2.05) is 6.07 Å². The largest absolute Gasteiger partial charge is 0.750 e. The van der Waals surface area contributed by atoms with Crippen LogP contribution < -0.4 is 5.19 Å².